The van der Waals surface area contributed by atoms with Crippen molar-refractivity contribution in [2.24, 2.45) is 5.10 Å². The molecule has 0 bridgehead atoms. The Hall–Kier alpha value is -3.39. The standard InChI is InChI=1S/C22H21N3O4S/c1-15-5-7-17(8-6-15)22(26)25-20(21-4-3-13-29-21)14-19(23-25)16-9-11-18(12-10-16)24(2)30(27)28/h3-13,20,30H,14H2,1-2H3. The van der Waals surface area contributed by atoms with E-state index in [0.717, 1.165) is 16.8 Å². The number of benzene rings is 2. The predicted octanol–water partition coefficient (Wildman–Crippen LogP) is 3.54. The van der Waals surface area contributed by atoms with Crippen LogP contribution in [0.5, 0.6) is 0 Å². The van der Waals surface area contributed by atoms with Crippen LogP contribution in [0.3, 0.4) is 0 Å². The van der Waals surface area contributed by atoms with E-state index in [2.05, 4.69) is 5.10 Å². The molecule has 2 aromatic carbocycles. The van der Waals surface area contributed by atoms with Gasteiger partial charge in [0, 0.05) is 19.0 Å². The maximum Gasteiger partial charge on any atom is 0.274 e. The molecule has 2 heterocycles. The third kappa shape index (κ3) is 3.86. The lowest BCUT2D eigenvalue weighted by molar-refractivity contribution is 0.0693. The minimum atomic E-state index is -2.70. The average molecular weight is 423 g/mol. The van der Waals surface area contributed by atoms with Gasteiger partial charge >= 0.3 is 0 Å². The quantitative estimate of drug-likeness (QED) is 0.637. The lowest BCUT2D eigenvalue weighted by atomic mass is 10.0. The monoisotopic (exact) mass is 423 g/mol. The Labute approximate surface area is 176 Å². The van der Waals surface area contributed by atoms with Crippen LogP contribution in [0.15, 0.2) is 76.4 Å². The van der Waals surface area contributed by atoms with Crippen molar-refractivity contribution in [3.63, 3.8) is 0 Å². The molecule has 0 radical (unpaired) electrons. The van der Waals surface area contributed by atoms with Gasteiger partial charge in [-0.1, -0.05) is 29.8 Å². The van der Waals surface area contributed by atoms with Crippen LogP contribution in [0.4, 0.5) is 5.69 Å². The number of hydrogen-bond donors (Lipinski definition) is 1. The molecule has 0 aliphatic carbocycles. The number of carbonyl (C=O) groups is 1. The first kappa shape index (κ1) is 19.9. The van der Waals surface area contributed by atoms with Crippen molar-refractivity contribution in [3.05, 3.63) is 89.4 Å². The first-order valence-corrected chi connectivity index (χ1v) is 10.6. The average Bonchev–Trinajstić information content (AvgIpc) is 3.43. The molecule has 154 valence electrons. The van der Waals surface area contributed by atoms with Crippen molar-refractivity contribution >= 4 is 28.2 Å². The number of rotatable bonds is 5. The molecule has 1 aliphatic rings. The normalized spacial score (nSPS) is 16.0. The molecule has 0 spiro atoms. The van der Waals surface area contributed by atoms with Crippen LogP contribution in [0.25, 0.3) is 0 Å². The minimum absolute atomic E-state index is 0.203. The molecule has 3 aromatic rings. The Balaban J connectivity index is 1.66. The summed E-state index contributed by atoms with van der Waals surface area (Å²) < 4.78 is 29.1. The van der Waals surface area contributed by atoms with E-state index in [-0.39, 0.29) is 11.9 Å². The molecular formula is C22H21N3O4S. The van der Waals surface area contributed by atoms with Crippen LogP contribution in [-0.2, 0) is 10.9 Å². The van der Waals surface area contributed by atoms with Crippen molar-refractivity contribution in [1.29, 1.82) is 0 Å². The third-order valence-electron chi connectivity index (χ3n) is 5.11. The highest BCUT2D eigenvalue weighted by atomic mass is 32.2. The number of anilines is 1. The van der Waals surface area contributed by atoms with E-state index < -0.39 is 10.9 Å². The molecule has 1 aliphatic heterocycles. The van der Waals surface area contributed by atoms with Gasteiger partial charge in [-0.15, -0.1) is 0 Å². The van der Waals surface area contributed by atoms with Crippen LogP contribution in [0.2, 0.25) is 0 Å². The molecule has 0 fully saturated rings. The molecule has 1 atom stereocenters. The van der Waals surface area contributed by atoms with Crippen LogP contribution < -0.4 is 4.31 Å². The molecule has 4 rings (SSSR count). The number of nitrogens with zero attached hydrogens (tertiary/aromatic N) is 3. The summed E-state index contributed by atoms with van der Waals surface area (Å²) in [4.78, 5) is 13.2. The lowest BCUT2D eigenvalue weighted by Crippen LogP contribution is -2.26. The Kier molecular flexibility index (Phi) is 5.41. The molecule has 8 heteroatoms. The maximum atomic E-state index is 13.2. The van der Waals surface area contributed by atoms with E-state index in [9.17, 15) is 13.2 Å². The van der Waals surface area contributed by atoms with E-state index >= 15 is 0 Å². The van der Waals surface area contributed by atoms with E-state index in [4.69, 9.17) is 4.42 Å². The molecule has 0 N–H and O–H groups in total. The number of thiol groups is 1. The fraction of sp³-hybridized carbons (Fsp3) is 0.182. The zero-order valence-electron chi connectivity index (χ0n) is 16.6. The van der Waals surface area contributed by atoms with E-state index in [1.54, 1.807) is 36.6 Å². The second-order valence-corrected chi connectivity index (χ2v) is 8.18. The number of aryl methyl sites for hydroxylation is 1. The fourth-order valence-electron chi connectivity index (χ4n) is 3.37. The number of hydrazone groups is 1. The van der Waals surface area contributed by atoms with Gasteiger partial charge in [-0.3, -0.25) is 9.10 Å². The third-order valence-corrected chi connectivity index (χ3v) is 5.83. The van der Waals surface area contributed by atoms with Crippen molar-refractivity contribution in [3.8, 4) is 0 Å². The number of furan rings is 1. The summed E-state index contributed by atoms with van der Waals surface area (Å²) in [5, 5.41) is 6.08. The molecule has 0 saturated heterocycles. The maximum absolute atomic E-state index is 13.2. The second kappa shape index (κ2) is 8.16. The molecule has 1 amide bonds. The second-order valence-electron chi connectivity index (χ2n) is 7.11. The van der Waals surface area contributed by atoms with Gasteiger partial charge in [0.2, 0.25) is 10.9 Å². The van der Waals surface area contributed by atoms with Crippen LogP contribution in [-0.4, -0.2) is 32.1 Å². The van der Waals surface area contributed by atoms with Gasteiger partial charge in [-0.2, -0.15) is 5.10 Å². The molecule has 0 saturated carbocycles. The van der Waals surface area contributed by atoms with E-state index in [1.165, 1.54) is 16.4 Å². The topological polar surface area (TPSA) is 83.2 Å². The molecule has 1 unspecified atom stereocenters. The highest BCUT2D eigenvalue weighted by molar-refractivity contribution is 7.74. The zero-order valence-corrected chi connectivity index (χ0v) is 17.5. The van der Waals surface area contributed by atoms with E-state index in [1.807, 2.05) is 37.3 Å². The SMILES string of the molecule is Cc1ccc(C(=O)N2N=C(c3ccc(N(C)[SH](=O)=O)cc3)CC2c2ccco2)cc1. The largest absolute Gasteiger partial charge is 0.467 e. The van der Waals surface area contributed by atoms with Gasteiger partial charge in [0.1, 0.15) is 11.8 Å². The first-order valence-electron chi connectivity index (χ1n) is 9.43. The van der Waals surface area contributed by atoms with Gasteiger partial charge in [0.25, 0.3) is 5.91 Å². The van der Waals surface area contributed by atoms with E-state index in [0.29, 0.717) is 23.4 Å². The van der Waals surface area contributed by atoms with Crippen molar-refractivity contribution in [1.82, 2.24) is 5.01 Å². The highest BCUT2D eigenvalue weighted by Gasteiger charge is 2.35. The zero-order chi connectivity index (χ0) is 21.3. The van der Waals surface area contributed by atoms with Crippen molar-refractivity contribution < 1.29 is 17.6 Å². The highest BCUT2D eigenvalue weighted by Crippen LogP contribution is 2.34. The summed E-state index contributed by atoms with van der Waals surface area (Å²) >= 11 is 0. The summed E-state index contributed by atoms with van der Waals surface area (Å²) in [6.45, 7) is 1.97. The molecule has 7 nitrogen and oxygen atoms in total. The Morgan fingerprint density at radius 2 is 1.80 bits per heavy atom. The van der Waals surface area contributed by atoms with Gasteiger partial charge < -0.3 is 4.42 Å². The minimum Gasteiger partial charge on any atom is -0.467 e. The van der Waals surface area contributed by atoms with Crippen LogP contribution >= 0.6 is 0 Å². The summed E-state index contributed by atoms with van der Waals surface area (Å²) in [6.07, 6.45) is 2.08. The van der Waals surface area contributed by atoms with Crippen molar-refractivity contribution in [2.45, 2.75) is 19.4 Å². The van der Waals surface area contributed by atoms with Crippen LogP contribution in [0, 0.1) is 6.92 Å². The van der Waals surface area contributed by atoms with Crippen LogP contribution in [0.1, 0.15) is 39.7 Å². The summed E-state index contributed by atoms with van der Waals surface area (Å²) in [5.74, 6) is 0.458. The molecular weight excluding hydrogens is 402 g/mol. The Morgan fingerprint density at radius 3 is 2.40 bits per heavy atom. The smallest absolute Gasteiger partial charge is 0.274 e. The molecule has 1 aromatic heterocycles. The van der Waals surface area contributed by atoms with Gasteiger partial charge in [0.05, 0.1) is 17.7 Å². The summed E-state index contributed by atoms with van der Waals surface area (Å²) in [7, 11) is -1.21. The Morgan fingerprint density at radius 1 is 1.10 bits per heavy atom. The number of hydrogen-bond acceptors (Lipinski definition) is 5. The summed E-state index contributed by atoms with van der Waals surface area (Å²) in [6, 6.07) is 17.7. The van der Waals surface area contributed by atoms with Gasteiger partial charge in [-0.25, -0.2) is 13.4 Å². The first-order chi connectivity index (χ1) is 14.4. The summed E-state index contributed by atoms with van der Waals surface area (Å²) in [5.41, 5.74) is 3.74. The number of carbonyl (C=O) groups excluding carboxylic acids is 1. The fourth-order valence-corrected chi connectivity index (χ4v) is 3.69. The lowest BCUT2D eigenvalue weighted by Gasteiger charge is -2.20. The Bertz CT molecular complexity index is 1140. The predicted molar refractivity (Wildman–Crippen MR) is 115 cm³/mol. The van der Waals surface area contributed by atoms with Crippen molar-refractivity contribution in [2.75, 3.05) is 11.4 Å². The van der Waals surface area contributed by atoms with Gasteiger partial charge in [0.15, 0.2) is 0 Å². The van der Waals surface area contributed by atoms with Gasteiger partial charge in [-0.05, 0) is 48.9 Å². The number of amides is 1. The molecule has 30 heavy (non-hydrogen) atoms.